The van der Waals surface area contributed by atoms with Gasteiger partial charge >= 0.3 is 5.97 Å². The summed E-state index contributed by atoms with van der Waals surface area (Å²) < 4.78 is 34.2. The maximum absolute atomic E-state index is 13.4. The van der Waals surface area contributed by atoms with E-state index in [2.05, 4.69) is 10.1 Å². The number of ether oxygens (including phenoxy) is 1. The third-order valence-corrected chi connectivity index (χ3v) is 8.77. The van der Waals surface area contributed by atoms with E-state index in [1.54, 1.807) is 62.4 Å². The molecule has 0 unspecified atom stereocenters. The predicted molar refractivity (Wildman–Crippen MR) is 143 cm³/mol. The smallest absolute Gasteiger partial charge is 0.348 e. The summed E-state index contributed by atoms with van der Waals surface area (Å²) in [6.45, 7) is 5.50. The molecular weight excluding hydrogens is 512 g/mol. The van der Waals surface area contributed by atoms with Gasteiger partial charge in [0.1, 0.15) is 16.0 Å². The van der Waals surface area contributed by atoms with E-state index >= 15 is 0 Å². The van der Waals surface area contributed by atoms with Gasteiger partial charge in [0, 0.05) is 17.1 Å². The summed E-state index contributed by atoms with van der Waals surface area (Å²) in [5, 5.41) is 5.23. The standard InChI is InChI=1S/C26H22N4O5S2/c1-4-35-26(32)23-17(3)22-24(36-23)27-15-29(25(22)31)28-13-18-14-30(21-8-6-5-7-20(18)21)37(33,34)19-11-9-16(2)10-12-19/h5-15H,4H2,1-3H3/b28-13+. The van der Waals surface area contributed by atoms with Crippen LogP contribution in [0, 0.1) is 13.8 Å². The molecule has 0 spiro atoms. The van der Waals surface area contributed by atoms with Crippen LogP contribution in [0.4, 0.5) is 0 Å². The monoisotopic (exact) mass is 534 g/mol. The van der Waals surface area contributed by atoms with Gasteiger partial charge in [0.2, 0.25) is 0 Å². The Balaban J connectivity index is 1.59. The second-order valence-corrected chi connectivity index (χ2v) is 11.1. The zero-order valence-electron chi connectivity index (χ0n) is 20.2. The van der Waals surface area contributed by atoms with Crippen LogP contribution in [0.15, 0.2) is 75.8 Å². The summed E-state index contributed by atoms with van der Waals surface area (Å²) in [5.41, 5.74) is 1.99. The van der Waals surface area contributed by atoms with Crippen molar-refractivity contribution in [1.82, 2.24) is 13.6 Å². The van der Waals surface area contributed by atoms with Crippen LogP contribution in [0.5, 0.6) is 0 Å². The highest BCUT2D eigenvalue weighted by molar-refractivity contribution is 7.90. The summed E-state index contributed by atoms with van der Waals surface area (Å²) >= 11 is 1.10. The lowest BCUT2D eigenvalue weighted by atomic mass is 10.2. The Morgan fingerprint density at radius 3 is 2.59 bits per heavy atom. The predicted octanol–water partition coefficient (Wildman–Crippen LogP) is 4.33. The highest BCUT2D eigenvalue weighted by Gasteiger charge is 2.22. The second-order valence-electron chi connectivity index (χ2n) is 8.31. The van der Waals surface area contributed by atoms with Gasteiger partial charge in [-0.05, 0) is 44.5 Å². The fourth-order valence-electron chi connectivity index (χ4n) is 4.01. The molecule has 0 amide bonds. The highest BCUT2D eigenvalue weighted by Crippen LogP contribution is 2.28. The minimum atomic E-state index is -3.87. The Hall–Kier alpha value is -4.09. The molecular formula is C26H22N4O5S2. The van der Waals surface area contributed by atoms with E-state index < -0.39 is 21.6 Å². The molecule has 11 heteroatoms. The van der Waals surface area contributed by atoms with Crippen molar-refractivity contribution in [2.45, 2.75) is 25.7 Å². The van der Waals surface area contributed by atoms with E-state index in [0.717, 1.165) is 21.6 Å². The molecule has 0 aliphatic rings. The molecule has 0 saturated heterocycles. The van der Waals surface area contributed by atoms with Gasteiger partial charge in [0.25, 0.3) is 15.6 Å². The van der Waals surface area contributed by atoms with Crippen molar-refractivity contribution < 1.29 is 17.9 Å². The number of aromatic nitrogens is 3. The van der Waals surface area contributed by atoms with Crippen molar-refractivity contribution in [1.29, 1.82) is 0 Å². The van der Waals surface area contributed by atoms with Crippen LogP contribution in [-0.2, 0) is 14.8 Å². The van der Waals surface area contributed by atoms with Crippen LogP contribution in [0.3, 0.4) is 0 Å². The first-order chi connectivity index (χ1) is 17.7. The zero-order valence-corrected chi connectivity index (χ0v) is 21.8. The van der Waals surface area contributed by atoms with Gasteiger partial charge in [0.15, 0.2) is 0 Å². The molecule has 0 aliphatic heterocycles. The largest absolute Gasteiger partial charge is 0.462 e. The summed E-state index contributed by atoms with van der Waals surface area (Å²) in [7, 11) is -3.87. The number of carbonyl (C=O) groups is 1. The lowest BCUT2D eigenvalue weighted by Crippen LogP contribution is -2.17. The summed E-state index contributed by atoms with van der Waals surface area (Å²) in [6, 6.07) is 13.7. The van der Waals surface area contributed by atoms with Gasteiger partial charge in [-0.1, -0.05) is 35.9 Å². The third kappa shape index (κ3) is 4.25. The van der Waals surface area contributed by atoms with Gasteiger partial charge in [-0.25, -0.2) is 22.2 Å². The molecule has 0 N–H and O–H groups in total. The fraction of sp³-hybridized carbons (Fsp3) is 0.154. The number of hydrogen-bond donors (Lipinski definition) is 0. The number of rotatable bonds is 6. The topological polar surface area (TPSA) is 113 Å². The molecule has 0 radical (unpaired) electrons. The Bertz CT molecular complexity index is 1860. The highest BCUT2D eigenvalue weighted by atomic mass is 32.2. The van der Waals surface area contributed by atoms with Crippen LogP contribution in [-0.4, -0.2) is 40.8 Å². The number of fused-ring (bicyclic) bond motifs is 2. The molecule has 0 saturated carbocycles. The van der Waals surface area contributed by atoms with Gasteiger partial charge in [-0.2, -0.15) is 9.78 Å². The normalized spacial score (nSPS) is 12.1. The van der Waals surface area contributed by atoms with Crippen LogP contribution in [0.25, 0.3) is 21.1 Å². The first-order valence-electron chi connectivity index (χ1n) is 11.4. The molecule has 0 fully saturated rings. The Morgan fingerprint density at radius 1 is 1.14 bits per heavy atom. The molecule has 0 atom stereocenters. The number of aryl methyl sites for hydroxylation is 2. The quantitative estimate of drug-likeness (QED) is 0.237. The van der Waals surface area contributed by atoms with Gasteiger partial charge < -0.3 is 4.74 Å². The van der Waals surface area contributed by atoms with Crippen molar-refractivity contribution in [3.63, 3.8) is 0 Å². The SMILES string of the molecule is CCOC(=O)c1sc2ncn(/N=C/c3cn(S(=O)(=O)c4ccc(C)cc4)c4ccccc34)c(=O)c2c1C. The van der Waals surface area contributed by atoms with E-state index in [0.29, 0.717) is 31.7 Å². The average Bonchev–Trinajstić information content (AvgIpc) is 3.43. The van der Waals surface area contributed by atoms with Crippen LogP contribution in [0.1, 0.15) is 33.3 Å². The third-order valence-electron chi connectivity index (χ3n) is 5.90. The number of carbonyl (C=O) groups excluding carboxylic acids is 1. The van der Waals surface area contributed by atoms with Crippen molar-refractivity contribution in [3.8, 4) is 0 Å². The second kappa shape index (κ2) is 9.41. The Morgan fingerprint density at radius 2 is 1.86 bits per heavy atom. The average molecular weight is 535 g/mol. The van der Waals surface area contributed by atoms with E-state index in [9.17, 15) is 18.0 Å². The Kier molecular flexibility index (Phi) is 6.26. The number of para-hydroxylation sites is 1. The molecule has 0 aliphatic carbocycles. The van der Waals surface area contributed by atoms with Crippen molar-refractivity contribution in [3.05, 3.63) is 93.0 Å². The number of nitrogens with zero attached hydrogens (tertiary/aromatic N) is 4. The van der Waals surface area contributed by atoms with Gasteiger partial charge in [0.05, 0.1) is 28.6 Å². The number of hydrogen-bond acceptors (Lipinski definition) is 8. The van der Waals surface area contributed by atoms with Crippen molar-refractivity contribution in [2.24, 2.45) is 5.10 Å². The Labute approximate surface area is 216 Å². The van der Waals surface area contributed by atoms with Gasteiger partial charge in [-0.3, -0.25) is 4.79 Å². The van der Waals surface area contributed by atoms with E-state index in [4.69, 9.17) is 4.74 Å². The molecule has 3 heterocycles. The molecule has 188 valence electrons. The minimum Gasteiger partial charge on any atom is -0.462 e. The molecule has 5 rings (SSSR count). The zero-order chi connectivity index (χ0) is 26.3. The number of thiophene rings is 1. The number of esters is 1. The molecule has 5 aromatic rings. The maximum atomic E-state index is 13.4. The van der Waals surface area contributed by atoms with E-state index in [1.807, 2.05) is 6.92 Å². The first kappa shape index (κ1) is 24.6. The minimum absolute atomic E-state index is 0.165. The summed E-state index contributed by atoms with van der Waals surface area (Å²) in [4.78, 5) is 30.6. The lowest BCUT2D eigenvalue weighted by molar-refractivity contribution is 0.0531. The lowest BCUT2D eigenvalue weighted by Gasteiger charge is -2.07. The molecule has 9 nitrogen and oxygen atoms in total. The van der Waals surface area contributed by atoms with Crippen LogP contribution < -0.4 is 5.56 Å². The van der Waals surface area contributed by atoms with Crippen LogP contribution in [0.2, 0.25) is 0 Å². The molecule has 37 heavy (non-hydrogen) atoms. The molecule has 0 bridgehead atoms. The molecule has 3 aromatic heterocycles. The first-order valence-corrected chi connectivity index (χ1v) is 13.6. The number of benzene rings is 2. The van der Waals surface area contributed by atoms with Crippen molar-refractivity contribution >= 4 is 54.7 Å². The molecule has 2 aromatic carbocycles. The maximum Gasteiger partial charge on any atom is 0.348 e. The fourth-order valence-corrected chi connectivity index (χ4v) is 6.42. The van der Waals surface area contributed by atoms with Gasteiger partial charge in [-0.15, -0.1) is 11.3 Å². The van der Waals surface area contributed by atoms with Crippen molar-refractivity contribution in [2.75, 3.05) is 6.61 Å². The van der Waals surface area contributed by atoms with E-state index in [-0.39, 0.29) is 16.9 Å². The summed E-state index contributed by atoms with van der Waals surface area (Å²) in [6.07, 6.45) is 4.18. The van der Waals surface area contributed by atoms with Crippen LogP contribution >= 0.6 is 11.3 Å². The van der Waals surface area contributed by atoms with E-state index in [1.165, 1.54) is 22.7 Å². The summed E-state index contributed by atoms with van der Waals surface area (Å²) in [5.74, 6) is -0.500.